The highest BCUT2D eigenvalue weighted by molar-refractivity contribution is 5.80. The van der Waals surface area contributed by atoms with Crippen molar-refractivity contribution < 1.29 is 19.2 Å². The molecule has 0 aromatic carbocycles. The first-order valence-corrected chi connectivity index (χ1v) is 11.5. The minimum absolute atomic E-state index is 0.114. The number of rotatable bonds is 12. The Morgan fingerprint density at radius 2 is 2.00 bits per heavy atom. The second-order valence-electron chi connectivity index (χ2n) is 8.71. The van der Waals surface area contributed by atoms with E-state index in [0.717, 1.165) is 31.2 Å². The Hall–Kier alpha value is -3.34. The smallest absolute Gasteiger partial charge is 0.243 e. The molecule has 0 radical (unpaired) electrons. The van der Waals surface area contributed by atoms with E-state index in [9.17, 15) is 14.8 Å². The molecule has 1 fully saturated rings. The highest BCUT2D eigenvalue weighted by Gasteiger charge is 2.27. The maximum absolute atomic E-state index is 15.2. The number of hydroxylamine groups is 2. The molecule has 34 heavy (non-hydrogen) atoms. The van der Waals surface area contributed by atoms with E-state index in [0.29, 0.717) is 36.2 Å². The standard InChI is InChI=1S/C23H32FN7O3/c1-16-26-21(20(24)22(27-16)30(2)12-9-17-7-10-25-11-8-17)28-29-23(33)19(14-31(34)15-32)13-18-5-3-4-6-18/h7-8,10-11,15,18-19,34H,3-6,9,12-14H2,1-2H3,(H,29,33)(H,26,27,28)/t19-/m1/s1. The van der Waals surface area contributed by atoms with Gasteiger partial charge in [-0.15, -0.1) is 0 Å². The second-order valence-corrected chi connectivity index (χ2v) is 8.71. The number of hydrogen-bond acceptors (Lipinski definition) is 8. The number of carbonyl (C=O) groups excluding carboxylic acids is 2. The number of halogens is 1. The van der Waals surface area contributed by atoms with Crippen molar-refractivity contribution in [3.05, 3.63) is 41.7 Å². The molecule has 1 aliphatic rings. The number of amides is 2. The van der Waals surface area contributed by atoms with E-state index in [-0.39, 0.29) is 24.6 Å². The first kappa shape index (κ1) is 25.3. The molecule has 1 atom stereocenters. The normalized spacial score (nSPS) is 14.5. The molecule has 1 aliphatic carbocycles. The number of aryl methyl sites for hydroxylation is 1. The van der Waals surface area contributed by atoms with E-state index >= 15 is 4.39 Å². The van der Waals surface area contributed by atoms with Crippen molar-refractivity contribution >= 4 is 24.0 Å². The van der Waals surface area contributed by atoms with Crippen LogP contribution in [0.1, 0.15) is 43.5 Å². The molecule has 0 aliphatic heterocycles. The minimum Gasteiger partial charge on any atom is -0.357 e. The van der Waals surface area contributed by atoms with E-state index in [1.165, 1.54) is 0 Å². The van der Waals surface area contributed by atoms with Crippen molar-refractivity contribution in [3.8, 4) is 0 Å². The average molecular weight is 474 g/mol. The van der Waals surface area contributed by atoms with Crippen molar-refractivity contribution in [2.24, 2.45) is 11.8 Å². The Kier molecular flexibility index (Phi) is 9.08. The lowest BCUT2D eigenvalue weighted by Crippen LogP contribution is -2.41. The lowest BCUT2D eigenvalue weighted by atomic mass is 9.92. The van der Waals surface area contributed by atoms with Crippen LogP contribution in [0, 0.1) is 24.6 Å². The van der Waals surface area contributed by atoms with Gasteiger partial charge in [-0.2, -0.15) is 4.39 Å². The predicted molar refractivity (Wildman–Crippen MR) is 124 cm³/mol. The Labute approximate surface area is 198 Å². The number of anilines is 2. The van der Waals surface area contributed by atoms with Crippen LogP contribution < -0.4 is 15.8 Å². The zero-order valence-corrected chi connectivity index (χ0v) is 19.6. The fourth-order valence-corrected chi connectivity index (χ4v) is 4.24. The molecule has 2 heterocycles. The Morgan fingerprint density at radius 1 is 1.29 bits per heavy atom. The second kappa shape index (κ2) is 12.2. The number of hydrogen-bond donors (Lipinski definition) is 3. The molecule has 0 bridgehead atoms. The average Bonchev–Trinajstić information content (AvgIpc) is 3.35. The zero-order valence-electron chi connectivity index (χ0n) is 19.6. The lowest BCUT2D eigenvalue weighted by molar-refractivity contribution is -0.154. The van der Waals surface area contributed by atoms with Crippen molar-refractivity contribution in [1.29, 1.82) is 0 Å². The highest BCUT2D eigenvalue weighted by Crippen LogP contribution is 2.30. The van der Waals surface area contributed by atoms with Crippen LogP contribution in [0.15, 0.2) is 24.5 Å². The molecule has 0 saturated heterocycles. The largest absolute Gasteiger partial charge is 0.357 e. The van der Waals surface area contributed by atoms with Gasteiger partial charge in [0.1, 0.15) is 5.82 Å². The minimum atomic E-state index is -0.688. The molecule has 2 aromatic rings. The van der Waals surface area contributed by atoms with Crippen LogP contribution in [0.2, 0.25) is 0 Å². The quantitative estimate of drug-likeness (QED) is 0.244. The molecule has 2 amide bonds. The van der Waals surface area contributed by atoms with Gasteiger partial charge in [-0.1, -0.05) is 25.7 Å². The summed E-state index contributed by atoms with van der Waals surface area (Å²) in [6.07, 6.45) is 9.14. The van der Waals surface area contributed by atoms with Gasteiger partial charge in [0.15, 0.2) is 11.6 Å². The van der Waals surface area contributed by atoms with Gasteiger partial charge in [-0.3, -0.25) is 30.6 Å². The summed E-state index contributed by atoms with van der Waals surface area (Å²) in [5.41, 5.74) is 6.14. The number of hydrazine groups is 1. The SMILES string of the molecule is Cc1nc(NNC(=O)[C@H](CC2CCCC2)CN(O)C=O)c(F)c(N(C)CCc2ccncc2)n1. The van der Waals surface area contributed by atoms with Gasteiger partial charge in [0, 0.05) is 26.0 Å². The van der Waals surface area contributed by atoms with E-state index < -0.39 is 17.6 Å². The van der Waals surface area contributed by atoms with Gasteiger partial charge in [0.25, 0.3) is 0 Å². The Bertz CT molecular complexity index is 957. The van der Waals surface area contributed by atoms with Crippen molar-refractivity contribution in [2.45, 2.75) is 45.4 Å². The van der Waals surface area contributed by atoms with Crippen molar-refractivity contribution in [2.75, 3.05) is 30.5 Å². The maximum atomic E-state index is 15.2. The van der Waals surface area contributed by atoms with Crippen LogP contribution in [-0.4, -0.2) is 57.7 Å². The Balaban J connectivity index is 1.65. The summed E-state index contributed by atoms with van der Waals surface area (Å²) in [6, 6.07) is 3.80. The fraction of sp³-hybridized carbons (Fsp3) is 0.522. The monoisotopic (exact) mass is 473 g/mol. The van der Waals surface area contributed by atoms with E-state index in [1.54, 1.807) is 31.3 Å². The zero-order chi connectivity index (χ0) is 24.5. The Morgan fingerprint density at radius 3 is 2.68 bits per heavy atom. The molecule has 0 spiro atoms. The van der Waals surface area contributed by atoms with Crippen molar-refractivity contribution in [1.82, 2.24) is 25.4 Å². The van der Waals surface area contributed by atoms with Crippen LogP contribution >= 0.6 is 0 Å². The van der Waals surface area contributed by atoms with Crippen LogP contribution in [0.4, 0.5) is 16.0 Å². The summed E-state index contributed by atoms with van der Waals surface area (Å²) in [5.74, 6) is -1.11. The topological polar surface area (TPSA) is 124 Å². The third-order valence-electron chi connectivity index (χ3n) is 6.09. The molecular weight excluding hydrogens is 441 g/mol. The van der Waals surface area contributed by atoms with E-state index in [4.69, 9.17) is 0 Å². The first-order valence-electron chi connectivity index (χ1n) is 11.5. The summed E-state index contributed by atoms with van der Waals surface area (Å²) >= 11 is 0. The van der Waals surface area contributed by atoms with Crippen LogP contribution in [0.25, 0.3) is 0 Å². The maximum Gasteiger partial charge on any atom is 0.243 e. The van der Waals surface area contributed by atoms with Crippen LogP contribution in [0.5, 0.6) is 0 Å². The molecule has 3 N–H and O–H groups in total. The third kappa shape index (κ3) is 7.08. The van der Waals surface area contributed by atoms with Gasteiger partial charge in [-0.05, 0) is 43.4 Å². The number of aromatic nitrogens is 3. The van der Waals surface area contributed by atoms with Gasteiger partial charge < -0.3 is 4.90 Å². The molecule has 3 rings (SSSR count). The lowest BCUT2D eigenvalue weighted by Gasteiger charge is -2.23. The first-order chi connectivity index (χ1) is 16.4. The van der Waals surface area contributed by atoms with Crippen molar-refractivity contribution in [3.63, 3.8) is 0 Å². The van der Waals surface area contributed by atoms with Gasteiger partial charge in [-0.25, -0.2) is 15.0 Å². The van der Waals surface area contributed by atoms with E-state index in [1.807, 2.05) is 12.1 Å². The summed E-state index contributed by atoms with van der Waals surface area (Å²) in [5, 5.41) is 10.1. The molecule has 10 nitrogen and oxygen atoms in total. The van der Waals surface area contributed by atoms with Crippen LogP contribution in [-0.2, 0) is 16.0 Å². The molecule has 184 valence electrons. The highest BCUT2D eigenvalue weighted by atomic mass is 19.1. The number of likely N-dealkylation sites (N-methyl/N-ethyl adjacent to an activating group) is 1. The summed E-state index contributed by atoms with van der Waals surface area (Å²) < 4.78 is 15.2. The predicted octanol–water partition coefficient (Wildman–Crippen LogP) is 2.49. The fourth-order valence-electron chi connectivity index (χ4n) is 4.24. The molecule has 0 unspecified atom stereocenters. The molecular formula is C23H32FN7O3. The van der Waals surface area contributed by atoms with Gasteiger partial charge in [0.05, 0.1) is 12.5 Å². The number of pyridine rings is 1. The summed E-state index contributed by atoms with van der Waals surface area (Å²) in [4.78, 5) is 37.7. The van der Waals surface area contributed by atoms with Crippen LogP contribution in [0.3, 0.4) is 0 Å². The molecule has 2 aromatic heterocycles. The number of carbonyl (C=O) groups is 2. The van der Waals surface area contributed by atoms with Gasteiger partial charge >= 0.3 is 0 Å². The molecule has 11 heteroatoms. The summed E-state index contributed by atoms with van der Waals surface area (Å²) in [6.45, 7) is 2.02. The summed E-state index contributed by atoms with van der Waals surface area (Å²) in [7, 11) is 1.74. The number of nitrogens with zero attached hydrogens (tertiary/aromatic N) is 5. The van der Waals surface area contributed by atoms with E-state index in [2.05, 4.69) is 25.8 Å². The van der Waals surface area contributed by atoms with Gasteiger partial charge in [0.2, 0.25) is 18.1 Å². The number of nitrogens with one attached hydrogen (secondary N) is 2. The molecule has 1 saturated carbocycles. The third-order valence-corrected chi connectivity index (χ3v) is 6.09.